The van der Waals surface area contributed by atoms with Crippen LogP contribution >= 0.6 is 0 Å². The fraction of sp³-hybridized carbons (Fsp3) is 0.250. The van der Waals surface area contributed by atoms with Crippen LogP contribution in [0.15, 0.2) is 54.6 Å². The summed E-state index contributed by atoms with van der Waals surface area (Å²) in [4.78, 5) is 0. The lowest BCUT2D eigenvalue weighted by Crippen LogP contribution is -2.50. The van der Waals surface area contributed by atoms with Crippen molar-refractivity contribution in [1.82, 2.24) is 0 Å². The average molecular weight is 333 g/mol. The fourth-order valence-electron chi connectivity index (χ4n) is 2.06. The maximum atomic E-state index is 14.1. The predicted molar refractivity (Wildman–Crippen MR) is 73.5 cm³/mol. The maximum absolute atomic E-state index is 14.1. The lowest BCUT2D eigenvalue weighted by molar-refractivity contribution is -0.321. The molecule has 0 aliphatic rings. The number of benzene rings is 2. The van der Waals surface area contributed by atoms with Crippen molar-refractivity contribution < 1.29 is 26.3 Å². The molecule has 2 N–H and O–H groups in total. The van der Waals surface area contributed by atoms with Gasteiger partial charge in [0.15, 0.2) is 0 Å². The zero-order valence-corrected chi connectivity index (χ0v) is 11.7. The Labute approximate surface area is 128 Å². The quantitative estimate of drug-likeness (QED) is 0.791. The second kappa shape index (κ2) is 5.88. The second-order valence-corrected chi connectivity index (χ2v) is 4.99. The van der Waals surface area contributed by atoms with E-state index < -0.39 is 28.9 Å². The minimum Gasteiger partial charge on any atom is -0.326 e. The van der Waals surface area contributed by atoms with Crippen molar-refractivity contribution in [3.63, 3.8) is 0 Å². The summed E-state index contributed by atoms with van der Waals surface area (Å²) in [6.45, 7) is 0.0163. The van der Waals surface area contributed by atoms with Crippen LogP contribution in [0.2, 0.25) is 0 Å². The number of halogens is 6. The molecule has 0 aromatic heterocycles. The minimum absolute atomic E-state index is 0.0163. The van der Waals surface area contributed by atoms with E-state index in [0.717, 1.165) is 24.3 Å². The Bertz CT molecular complexity index is 652. The molecule has 0 bridgehead atoms. The van der Waals surface area contributed by atoms with Crippen molar-refractivity contribution in [2.24, 2.45) is 5.73 Å². The van der Waals surface area contributed by atoms with Gasteiger partial charge in [0.1, 0.15) is 0 Å². The summed E-state index contributed by atoms with van der Waals surface area (Å²) in [5.74, 6) is -15.7. The molecule has 2 aromatic rings. The topological polar surface area (TPSA) is 26.0 Å². The first-order chi connectivity index (χ1) is 10.6. The normalized spacial score (nSPS) is 13.2. The molecule has 0 fully saturated rings. The summed E-state index contributed by atoms with van der Waals surface area (Å²) in [7, 11) is 0. The van der Waals surface area contributed by atoms with E-state index >= 15 is 0 Å². The number of alkyl halides is 6. The molecule has 2 aromatic carbocycles. The van der Waals surface area contributed by atoms with E-state index in [1.54, 1.807) is 0 Å². The van der Waals surface area contributed by atoms with Gasteiger partial charge in [0.25, 0.3) is 0 Å². The molecule has 0 radical (unpaired) electrons. The van der Waals surface area contributed by atoms with Gasteiger partial charge in [-0.2, -0.15) is 26.3 Å². The summed E-state index contributed by atoms with van der Waals surface area (Å²) in [6, 6.07) is 8.39. The Morgan fingerprint density at radius 2 is 1.09 bits per heavy atom. The number of hydrogen-bond donors (Lipinski definition) is 1. The molecule has 0 atom stereocenters. The third-order valence-electron chi connectivity index (χ3n) is 3.48. The molecular formula is C16H13F6N. The van der Waals surface area contributed by atoms with Gasteiger partial charge in [-0.05, 0) is 5.56 Å². The first kappa shape index (κ1) is 17.3. The van der Waals surface area contributed by atoms with E-state index in [1.807, 2.05) is 0 Å². The van der Waals surface area contributed by atoms with Gasteiger partial charge in [-0.25, -0.2) is 0 Å². The summed E-state index contributed by atoms with van der Waals surface area (Å²) in [5.41, 5.74) is 3.33. The Hall–Kier alpha value is -2.02. The lowest BCUT2D eigenvalue weighted by atomic mass is 9.92. The van der Waals surface area contributed by atoms with Crippen molar-refractivity contribution in [2.45, 2.75) is 24.3 Å². The third kappa shape index (κ3) is 2.81. The van der Waals surface area contributed by atoms with E-state index in [0.29, 0.717) is 29.8 Å². The van der Waals surface area contributed by atoms with Crippen molar-refractivity contribution >= 4 is 0 Å². The number of hydrogen-bond acceptors (Lipinski definition) is 1. The Morgan fingerprint density at radius 3 is 1.52 bits per heavy atom. The van der Waals surface area contributed by atoms with Crippen LogP contribution in [0.1, 0.15) is 16.7 Å². The van der Waals surface area contributed by atoms with Crippen LogP contribution in [0.4, 0.5) is 26.3 Å². The van der Waals surface area contributed by atoms with Gasteiger partial charge in [-0.3, -0.25) is 0 Å². The van der Waals surface area contributed by atoms with Crippen molar-refractivity contribution in [3.05, 3.63) is 71.3 Å². The Morgan fingerprint density at radius 1 is 0.652 bits per heavy atom. The van der Waals surface area contributed by atoms with Crippen LogP contribution in [0, 0.1) is 0 Å². The molecule has 0 spiro atoms. The highest BCUT2D eigenvalue weighted by Crippen LogP contribution is 2.55. The third-order valence-corrected chi connectivity index (χ3v) is 3.48. The molecule has 7 heteroatoms. The molecule has 0 saturated carbocycles. The molecule has 0 saturated heterocycles. The highest BCUT2D eigenvalue weighted by Gasteiger charge is 2.72. The molecule has 0 aliphatic carbocycles. The van der Waals surface area contributed by atoms with Gasteiger partial charge in [0.05, 0.1) is 0 Å². The SMILES string of the molecule is NCc1ccc(C(F)(F)C(F)(F)C(F)(F)c2ccccc2)cc1. The minimum atomic E-state index is -5.61. The van der Waals surface area contributed by atoms with Gasteiger partial charge >= 0.3 is 17.8 Å². The molecule has 2 rings (SSSR count). The van der Waals surface area contributed by atoms with Crippen molar-refractivity contribution in [3.8, 4) is 0 Å². The van der Waals surface area contributed by atoms with E-state index in [4.69, 9.17) is 5.73 Å². The molecule has 124 valence electrons. The van der Waals surface area contributed by atoms with E-state index in [9.17, 15) is 26.3 Å². The van der Waals surface area contributed by atoms with E-state index in [2.05, 4.69) is 0 Å². The summed E-state index contributed by atoms with van der Waals surface area (Å²) < 4.78 is 84.2. The zero-order chi connectivity index (χ0) is 17.3. The number of nitrogens with two attached hydrogens (primary N) is 1. The van der Waals surface area contributed by atoms with Crippen molar-refractivity contribution in [1.29, 1.82) is 0 Å². The molecular weight excluding hydrogens is 320 g/mol. The largest absolute Gasteiger partial charge is 0.380 e. The smallest absolute Gasteiger partial charge is 0.326 e. The van der Waals surface area contributed by atoms with Crippen LogP contribution in [0.25, 0.3) is 0 Å². The molecule has 0 heterocycles. The van der Waals surface area contributed by atoms with Gasteiger partial charge in [0, 0.05) is 17.7 Å². The van der Waals surface area contributed by atoms with Crippen LogP contribution in [-0.4, -0.2) is 5.92 Å². The predicted octanol–water partition coefficient (Wildman–Crippen LogP) is 4.66. The maximum Gasteiger partial charge on any atom is 0.380 e. The summed E-state index contributed by atoms with van der Waals surface area (Å²) in [6.07, 6.45) is 0. The highest BCUT2D eigenvalue weighted by molar-refractivity contribution is 5.31. The van der Waals surface area contributed by atoms with Crippen LogP contribution in [0.3, 0.4) is 0 Å². The van der Waals surface area contributed by atoms with Gasteiger partial charge in [0.2, 0.25) is 0 Å². The zero-order valence-electron chi connectivity index (χ0n) is 11.7. The van der Waals surface area contributed by atoms with Crippen LogP contribution in [-0.2, 0) is 18.4 Å². The average Bonchev–Trinajstić information content (AvgIpc) is 2.55. The Balaban J connectivity index is 2.46. The van der Waals surface area contributed by atoms with Crippen LogP contribution < -0.4 is 5.73 Å². The Kier molecular flexibility index (Phi) is 4.43. The van der Waals surface area contributed by atoms with Gasteiger partial charge in [-0.15, -0.1) is 0 Å². The molecule has 0 amide bonds. The van der Waals surface area contributed by atoms with Gasteiger partial charge < -0.3 is 5.73 Å². The fourth-order valence-corrected chi connectivity index (χ4v) is 2.06. The number of rotatable bonds is 5. The first-order valence-electron chi connectivity index (χ1n) is 6.63. The van der Waals surface area contributed by atoms with Crippen molar-refractivity contribution in [2.75, 3.05) is 0 Å². The molecule has 1 nitrogen and oxygen atoms in total. The molecule has 23 heavy (non-hydrogen) atoms. The molecule has 0 aliphatic heterocycles. The second-order valence-electron chi connectivity index (χ2n) is 4.99. The summed E-state index contributed by atoms with van der Waals surface area (Å²) >= 11 is 0. The van der Waals surface area contributed by atoms with Gasteiger partial charge in [-0.1, -0.05) is 54.6 Å². The highest BCUT2D eigenvalue weighted by atomic mass is 19.3. The first-order valence-corrected chi connectivity index (χ1v) is 6.63. The lowest BCUT2D eigenvalue weighted by Gasteiger charge is -2.33. The van der Waals surface area contributed by atoms with E-state index in [-0.39, 0.29) is 6.54 Å². The summed E-state index contributed by atoms with van der Waals surface area (Å²) in [5, 5.41) is 0. The van der Waals surface area contributed by atoms with Crippen LogP contribution in [0.5, 0.6) is 0 Å². The van der Waals surface area contributed by atoms with E-state index in [1.165, 1.54) is 6.07 Å². The monoisotopic (exact) mass is 333 g/mol. The standard InChI is InChI=1S/C16H13F6N/c17-14(18,12-4-2-1-3-5-12)16(21,22)15(19,20)13-8-6-11(10-23)7-9-13/h1-9H,10,23H2. The molecule has 0 unspecified atom stereocenters.